The number of carbonyl (C=O) groups excluding carboxylic acids is 1. The number of halogens is 1. The molecular formula is C17H15ClN2O4S. The molecule has 1 aromatic rings. The van der Waals surface area contributed by atoms with Crippen molar-refractivity contribution in [2.45, 2.75) is 11.8 Å². The van der Waals surface area contributed by atoms with E-state index in [1.165, 1.54) is 18.2 Å². The molecule has 2 N–H and O–H groups in total. The summed E-state index contributed by atoms with van der Waals surface area (Å²) < 4.78 is 32.6. The fourth-order valence-electron chi connectivity index (χ4n) is 2.74. The lowest BCUT2D eigenvalue weighted by Crippen LogP contribution is -2.31. The minimum absolute atomic E-state index is 0.000154. The first-order valence-electron chi connectivity index (χ1n) is 7.46. The number of fused-ring (bicyclic) bond motifs is 1. The fourth-order valence-corrected chi connectivity index (χ4v) is 3.61. The summed E-state index contributed by atoms with van der Waals surface area (Å²) >= 11 is 6.03. The number of anilines is 1. The minimum Gasteiger partial charge on any atom is -0.288 e. The molecule has 6 nitrogen and oxygen atoms in total. The van der Waals surface area contributed by atoms with E-state index >= 15 is 0 Å². The van der Waals surface area contributed by atoms with Crippen molar-refractivity contribution < 1.29 is 17.8 Å². The van der Waals surface area contributed by atoms with Crippen LogP contribution in [0, 0.1) is 18.8 Å². The molecule has 0 spiro atoms. The topological polar surface area (TPSA) is 95.8 Å². The molecule has 2 aliphatic rings. The van der Waals surface area contributed by atoms with E-state index in [-0.39, 0.29) is 33.9 Å². The lowest BCUT2D eigenvalue weighted by atomic mass is 9.79. The van der Waals surface area contributed by atoms with Crippen LogP contribution < -0.4 is 5.43 Å². The predicted octanol–water partition coefficient (Wildman–Crippen LogP) is 3.16. The molecule has 0 amide bonds. The number of ketones is 1. The Bertz CT molecular complexity index is 961. The summed E-state index contributed by atoms with van der Waals surface area (Å²) in [5.74, 6) is -0.476. The van der Waals surface area contributed by atoms with Crippen molar-refractivity contribution in [3.05, 3.63) is 59.2 Å². The number of aryl methyl sites for hydroxylation is 1. The van der Waals surface area contributed by atoms with Gasteiger partial charge in [-0.25, -0.2) is 0 Å². The van der Waals surface area contributed by atoms with Crippen molar-refractivity contribution in [1.82, 2.24) is 0 Å². The molecule has 0 saturated carbocycles. The number of hydrogen-bond acceptors (Lipinski definition) is 5. The Balaban J connectivity index is 2.00. The Morgan fingerprint density at radius 1 is 1.20 bits per heavy atom. The highest BCUT2D eigenvalue weighted by Crippen LogP contribution is 2.30. The van der Waals surface area contributed by atoms with Crippen LogP contribution in [-0.4, -0.2) is 24.5 Å². The number of allylic oxidation sites excluding steroid dienone is 6. The average Bonchev–Trinajstić information content (AvgIpc) is 2.55. The van der Waals surface area contributed by atoms with Crippen LogP contribution in [0.2, 0.25) is 5.02 Å². The lowest BCUT2D eigenvalue weighted by Gasteiger charge is -2.25. The second-order valence-electron chi connectivity index (χ2n) is 5.78. The molecule has 2 atom stereocenters. The lowest BCUT2D eigenvalue weighted by molar-refractivity contribution is -0.109. The van der Waals surface area contributed by atoms with Crippen LogP contribution in [0.4, 0.5) is 5.69 Å². The molecule has 2 aliphatic carbocycles. The highest BCUT2D eigenvalue weighted by Gasteiger charge is 2.30. The third-order valence-electron chi connectivity index (χ3n) is 4.05. The summed E-state index contributed by atoms with van der Waals surface area (Å²) in [6.07, 6.45) is 10.8. The molecule has 0 fully saturated rings. The normalized spacial score (nSPS) is 23.8. The number of rotatable bonds is 3. The average molecular weight is 379 g/mol. The number of benzene rings is 1. The van der Waals surface area contributed by atoms with E-state index in [1.807, 2.05) is 24.3 Å². The zero-order chi connectivity index (χ0) is 18.2. The molecule has 2 unspecified atom stereocenters. The summed E-state index contributed by atoms with van der Waals surface area (Å²) in [6, 6.07) is 2.59. The Morgan fingerprint density at radius 2 is 1.92 bits per heavy atom. The first kappa shape index (κ1) is 17.6. The number of nitrogens with one attached hydrogen (secondary N) is 1. The second-order valence-corrected chi connectivity index (χ2v) is 7.57. The maximum atomic E-state index is 12.2. The third kappa shape index (κ3) is 3.58. The summed E-state index contributed by atoms with van der Waals surface area (Å²) in [4.78, 5) is 11.8. The summed E-state index contributed by atoms with van der Waals surface area (Å²) in [6.45, 7) is 1.62. The van der Waals surface area contributed by atoms with E-state index < -0.39 is 10.1 Å². The van der Waals surface area contributed by atoms with Gasteiger partial charge in [-0.2, -0.15) is 13.5 Å². The highest BCUT2D eigenvalue weighted by atomic mass is 35.5. The quantitative estimate of drug-likeness (QED) is 0.622. The summed E-state index contributed by atoms with van der Waals surface area (Å²) in [5.41, 5.74) is 3.32. The summed E-state index contributed by atoms with van der Waals surface area (Å²) in [5, 5.41) is 4.42. The zero-order valence-electron chi connectivity index (χ0n) is 13.2. The van der Waals surface area contributed by atoms with Crippen LogP contribution in [0.15, 0.2) is 58.6 Å². The van der Waals surface area contributed by atoms with E-state index in [9.17, 15) is 17.8 Å². The Labute approximate surface area is 150 Å². The van der Waals surface area contributed by atoms with Crippen molar-refractivity contribution in [2.24, 2.45) is 16.9 Å². The van der Waals surface area contributed by atoms with Gasteiger partial charge in [0.1, 0.15) is 10.6 Å². The fraction of sp³-hybridized carbons (Fsp3) is 0.176. The van der Waals surface area contributed by atoms with Gasteiger partial charge in [-0.1, -0.05) is 42.0 Å². The molecule has 8 heteroatoms. The molecule has 130 valence electrons. The molecule has 3 rings (SSSR count). The molecule has 0 saturated heterocycles. The van der Waals surface area contributed by atoms with E-state index in [0.717, 1.165) is 0 Å². The first-order chi connectivity index (χ1) is 11.8. The van der Waals surface area contributed by atoms with Crippen LogP contribution in [0.3, 0.4) is 0 Å². The SMILES string of the molecule is Cc1cc(S(=O)(=O)O)c(N/N=C2\C(=O)C=CC3C=CC=CC23)cc1Cl. The number of hydrazone groups is 1. The van der Waals surface area contributed by atoms with Crippen molar-refractivity contribution in [3.8, 4) is 0 Å². The predicted molar refractivity (Wildman–Crippen MR) is 96.5 cm³/mol. The Morgan fingerprint density at radius 3 is 2.64 bits per heavy atom. The maximum absolute atomic E-state index is 12.2. The van der Waals surface area contributed by atoms with E-state index in [2.05, 4.69) is 10.5 Å². The van der Waals surface area contributed by atoms with Gasteiger partial charge in [0.25, 0.3) is 10.1 Å². The van der Waals surface area contributed by atoms with E-state index in [4.69, 9.17) is 11.6 Å². The van der Waals surface area contributed by atoms with Crippen LogP contribution >= 0.6 is 11.6 Å². The van der Waals surface area contributed by atoms with Crippen LogP contribution in [0.1, 0.15) is 5.56 Å². The van der Waals surface area contributed by atoms with Gasteiger partial charge in [-0.3, -0.25) is 14.8 Å². The molecule has 0 aromatic heterocycles. The number of hydrogen-bond donors (Lipinski definition) is 2. The Hall–Kier alpha value is -2.22. The molecule has 1 aromatic carbocycles. The van der Waals surface area contributed by atoms with Crippen molar-refractivity contribution in [1.29, 1.82) is 0 Å². The molecule has 0 aliphatic heterocycles. The van der Waals surface area contributed by atoms with Gasteiger partial charge in [0, 0.05) is 16.9 Å². The molecular weight excluding hydrogens is 364 g/mol. The van der Waals surface area contributed by atoms with Gasteiger partial charge in [-0.05, 0) is 30.7 Å². The van der Waals surface area contributed by atoms with Gasteiger partial charge < -0.3 is 0 Å². The smallest absolute Gasteiger partial charge is 0.288 e. The monoisotopic (exact) mass is 378 g/mol. The van der Waals surface area contributed by atoms with Crippen molar-refractivity contribution in [3.63, 3.8) is 0 Å². The maximum Gasteiger partial charge on any atom is 0.296 e. The molecule has 0 heterocycles. The van der Waals surface area contributed by atoms with Gasteiger partial charge in [0.2, 0.25) is 5.78 Å². The van der Waals surface area contributed by atoms with Gasteiger partial charge in [0.15, 0.2) is 0 Å². The highest BCUT2D eigenvalue weighted by molar-refractivity contribution is 7.86. The van der Waals surface area contributed by atoms with Gasteiger partial charge >= 0.3 is 0 Å². The molecule has 0 radical (unpaired) electrons. The van der Waals surface area contributed by atoms with Crippen molar-refractivity contribution >= 4 is 38.9 Å². The standard InChI is InChI=1S/C17H15ClN2O4S/c1-10-8-16(25(22,23)24)14(9-13(10)18)19-20-17-12-5-3-2-4-11(12)6-7-15(17)21/h2-9,11-12,19H,1H3,(H,22,23,24)/b20-17-. The van der Waals surface area contributed by atoms with E-state index in [1.54, 1.807) is 13.0 Å². The number of carbonyl (C=O) groups is 1. The molecule has 0 bridgehead atoms. The second kappa shape index (κ2) is 6.59. The largest absolute Gasteiger partial charge is 0.296 e. The van der Waals surface area contributed by atoms with Crippen molar-refractivity contribution in [2.75, 3.05) is 5.43 Å². The zero-order valence-corrected chi connectivity index (χ0v) is 14.8. The van der Waals surface area contributed by atoms with Crippen LogP contribution in [0.5, 0.6) is 0 Å². The third-order valence-corrected chi connectivity index (χ3v) is 5.35. The van der Waals surface area contributed by atoms with Gasteiger partial charge in [-0.15, -0.1) is 0 Å². The molecule has 25 heavy (non-hydrogen) atoms. The number of nitrogens with zero attached hydrogens (tertiary/aromatic N) is 1. The summed E-state index contributed by atoms with van der Waals surface area (Å²) in [7, 11) is -4.48. The van der Waals surface area contributed by atoms with Crippen LogP contribution in [0.25, 0.3) is 0 Å². The minimum atomic E-state index is -4.48. The first-order valence-corrected chi connectivity index (χ1v) is 9.28. The van der Waals surface area contributed by atoms with Gasteiger partial charge in [0.05, 0.1) is 5.69 Å². The van der Waals surface area contributed by atoms with E-state index in [0.29, 0.717) is 10.6 Å². The van der Waals surface area contributed by atoms with Crippen LogP contribution in [-0.2, 0) is 14.9 Å². The Kier molecular flexibility index (Phi) is 4.64.